The molecule has 0 aliphatic carbocycles. The number of rotatable bonds is 6. The molecule has 2 rings (SSSR count). The van der Waals surface area contributed by atoms with Crippen LogP contribution in [-0.2, 0) is 0 Å². The third kappa shape index (κ3) is 4.93. The maximum absolute atomic E-state index is 12.1. The van der Waals surface area contributed by atoms with Crippen molar-refractivity contribution in [1.82, 2.24) is 5.32 Å². The van der Waals surface area contributed by atoms with E-state index in [1.807, 2.05) is 42.5 Å². The van der Waals surface area contributed by atoms with Crippen LogP contribution in [0.1, 0.15) is 10.4 Å². The quantitative estimate of drug-likeness (QED) is 0.841. The van der Waals surface area contributed by atoms with Gasteiger partial charge in [0, 0.05) is 5.56 Å². The number of nitrogens with one attached hydrogen (secondary N) is 2. The van der Waals surface area contributed by atoms with Gasteiger partial charge in [-0.25, -0.2) is 0 Å². The van der Waals surface area contributed by atoms with Crippen LogP contribution in [0.4, 0.5) is 0 Å². The van der Waals surface area contributed by atoms with E-state index in [1.54, 1.807) is 12.1 Å². The highest BCUT2D eigenvalue weighted by molar-refractivity contribution is 5.94. The highest BCUT2D eigenvalue weighted by Gasteiger charge is 2.07. The van der Waals surface area contributed by atoms with Gasteiger partial charge in [0.05, 0.1) is 27.2 Å². The van der Waals surface area contributed by atoms with Crippen molar-refractivity contribution in [2.45, 2.75) is 0 Å². The molecule has 0 aromatic heterocycles. The lowest BCUT2D eigenvalue weighted by atomic mass is 10.2. The average Bonchev–Trinajstić information content (AvgIpc) is 2.48. The number of carbonyl (C=O) groups is 1. The predicted octanol–water partition coefficient (Wildman–Crippen LogP) is 1.35. The lowest BCUT2D eigenvalue weighted by Crippen LogP contribution is -3.06. The second-order valence-corrected chi connectivity index (χ2v) is 5.16. The largest absolute Gasteiger partial charge is 0.457 e. The van der Waals surface area contributed by atoms with Gasteiger partial charge in [-0.2, -0.15) is 0 Å². The van der Waals surface area contributed by atoms with Crippen molar-refractivity contribution in [3.05, 3.63) is 60.2 Å². The number of amides is 1. The first kappa shape index (κ1) is 15.1. The van der Waals surface area contributed by atoms with E-state index >= 15 is 0 Å². The highest BCUT2D eigenvalue weighted by Crippen LogP contribution is 2.21. The number of quaternary nitrogens is 1. The minimum absolute atomic E-state index is 0.0743. The summed E-state index contributed by atoms with van der Waals surface area (Å²) in [4.78, 5) is 13.4. The summed E-state index contributed by atoms with van der Waals surface area (Å²) in [5.74, 6) is 1.34. The molecule has 0 radical (unpaired) electrons. The highest BCUT2D eigenvalue weighted by atomic mass is 16.5. The molecule has 0 unspecified atom stereocenters. The standard InChI is InChI=1S/C17H20N2O2/c1-19(2)12-11-18-17(20)14-7-6-10-16(13-14)21-15-8-4-3-5-9-15/h3-10,13H,11-12H2,1-2H3,(H,18,20)/p+1. The summed E-state index contributed by atoms with van der Waals surface area (Å²) >= 11 is 0. The Kier molecular flexibility index (Phi) is 5.35. The lowest BCUT2D eigenvalue weighted by Gasteiger charge is -2.10. The van der Waals surface area contributed by atoms with Crippen LogP contribution in [0.25, 0.3) is 0 Å². The average molecular weight is 285 g/mol. The number of para-hydroxylation sites is 1. The zero-order valence-corrected chi connectivity index (χ0v) is 12.4. The van der Waals surface area contributed by atoms with E-state index in [-0.39, 0.29) is 5.91 Å². The maximum atomic E-state index is 12.1. The van der Waals surface area contributed by atoms with E-state index < -0.39 is 0 Å². The molecule has 2 N–H and O–H groups in total. The van der Waals surface area contributed by atoms with Gasteiger partial charge in [0.2, 0.25) is 0 Å². The molecule has 0 aliphatic rings. The predicted molar refractivity (Wildman–Crippen MR) is 83.0 cm³/mol. The fraction of sp³-hybridized carbons (Fsp3) is 0.235. The van der Waals surface area contributed by atoms with Crippen LogP contribution >= 0.6 is 0 Å². The molecule has 0 spiro atoms. The molecule has 0 saturated heterocycles. The van der Waals surface area contributed by atoms with Crippen molar-refractivity contribution < 1.29 is 14.4 Å². The van der Waals surface area contributed by atoms with E-state index in [0.717, 1.165) is 12.3 Å². The van der Waals surface area contributed by atoms with E-state index in [2.05, 4.69) is 19.4 Å². The minimum Gasteiger partial charge on any atom is -0.457 e. The summed E-state index contributed by atoms with van der Waals surface area (Å²) in [5, 5.41) is 2.91. The van der Waals surface area contributed by atoms with Gasteiger partial charge in [-0.15, -0.1) is 0 Å². The van der Waals surface area contributed by atoms with Gasteiger partial charge in [-0.1, -0.05) is 24.3 Å². The van der Waals surface area contributed by atoms with Gasteiger partial charge < -0.3 is 15.0 Å². The Bertz CT molecular complexity index is 582. The monoisotopic (exact) mass is 285 g/mol. The van der Waals surface area contributed by atoms with E-state index in [1.165, 1.54) is 4.90 Å². The van der Waals surface area contributed by atoms with Gasteiger partial charge in [0.15, 0.2) is 0 Å². The van der Waals surface area contributed by atoms with E-state index in [0.29, 0.717) is 17.9 Å². The SMILES string of the molecule is C[NH+](C)CCNC(=O)c1cccc(Oc2ccccc2)c1. The zero-order chi connectivity index (χ0) is 15.1. The number of hydrogen-bond acceptors (Lipinski definition) is 2. The molecule has 110 valence electrons. The van der Waals surface area contributed by atoms with Crippen LogP contribution in [0, 0.1) is 0 Å². The van der Waals surface area contributed by atoms with Crippen molar-refractivity contribution >= 4 is 5.91 Å². The molecular formula is C17H21N2O2+. The third-order valence-corrected chi connectivity index (χ3v) is 2.99. The Morgan fingerprint density at radius 1 is 1.05 bits per heavy atom. The van der Waals surface area contributed by atoms with Gasteiger partial charge in [-0.3, -0.25) is 4.79 Å². The zero-order valence-electron chi connectivity index (χ0n) is 12.4. The first-order valence-electron chi connectivity index (χ1n) is 7.05. The fourth-order valence-corrected chi connectivity index (χ4v) is 1.85. The van der Waals surface area contributed by atoms with Gasteiger partial charge >= 0.3 is 0 Å². The van der Waals surface area contributed by atoms with Gasteiger partial charge in [-0.05, 0) is 30.3 Å². The summed E-state index contributed by atoms with van der Waals surface area (Å²) in [7, 11) is 4.11. The second kappa shape index (κ2) is 7.45. The molecule has 0 atom stereocenters. The molecule has 0 aliphatic heterocycles. The van der Waals surface area contributed by atoms with Crippen molar-refractivity contribution in [3.8, 4) is 11.5 Å². The molecule has 0 saturated carbocycles. The van der Waals surface area contributed by atoms with Crippen LogP contribution < -0.4 is 15.0 Å². The van der Waals surface area contributed by atoms with Crippen molar-refractivity contribution in [2.75, 3.05) is 27.2 Å². The van der Waals surface area contributed by atoms with Gasteiger partial charge in [0.25, 0.3) is 5.91 Å². The molecule has 4 nitrogen and oxygen atoms in total. The number of benzene rings is 2. The summed E-state index contributed by atoms with van der Waals surface area (Å²) in [5.41, 5.74) is 0.609. The minimum atomic E-state index is -0.0743. The van der Waals surface area contributed by atoms with Crippen molar-refractivity contribution in [1.29, 1.82) is 0 Å². The Labute approximate surface area is 125 Å². The molecule has 0 fully saturated rings. The molecule has 0 bridgehead atoms. The molecule has 1 amide bonds. The van der Waals surface area contributed by atoms with Crippen LogP contribution in [-0.4, -0.2) is 33.1 Å². The topological polar surface area (TPSA) is 42.8 Å². The van der Waals surface area contributed by atoms with Crippen molar-refractivity contribution in [3.63, 3.8) is 0 Å². The maximum Gasteiger partial charge on any atom is 0.251 e. The summed E-state index contributed by atoms with van der Waals surface area (Å²) in [6.45, 7) is 1.55. The van der Waals surface area contributed by atoms with Gasteiger partial charge in [0.1, 0.15) is 11.5 Å². The smallest absolute Gasteiger partial charge is 0.251 e. The molecule has 21 heavy (non-hydrogen) atoms. The van der Waals surface area contributed by atoms with Crippen LogP contribution in [0.2, 0.25) is 0 Å². The van der Waals surface area contributed by atoms with E-state index in [9.17, 15) is 4.79 Å². The molecule has 0 heterocycles. The normalized spacial score (nSPS) is 10.4. The van der Waals surface area contributed by atoms with E-state index in [4.69, 9.17) is 4.74 Å². The number of carbonyl (C=O) groups excluding carboxylic acids is 1. The fourth-order valence-electron chi connectivity index (χ4n) is 1.85. The Morgan fingerprint density at radius 3 is 2.48 bits per heavy atom. The molecule has 2 aromatic rings. The van der Waals surface area contributed by atoms with Crippen molar-refractivity contribution in [2.24, 2.45) is 0 Å². The molecule has 4 heteroatoms. The first-order chi connectivity index (χ1) is 10.1. The first-order valence-corrected chi connectivity index (χ1v) is 7.05. The van der Waals surface area contributed by atoms with Crippen LogP contribution in [0.15, 0.2) is 54.6 Å². The molecular weight excluding hydrogens is 264 g/mol. The lowest BCUT2D eigenvalue weighted by molar-refractivity contribution is -0.856. The van der Waals surface area contributed by atoms with Crippen LogP contribution in [0.3, 0.4) is 0 Å². The third-order valence-electron chi connectivity index (χ3n) is 2.99. The number of ether oxygens (including phenoxy) is 1. The second-order valence-electron chi connectivity index (χ2n) is 5.16. The number of likely N-dealkylation sites (N-methyl/N-ethyl adjacent to an activating group) is 1. The summed E-state index contributed by atoms with van der Waals surface area (Å²) in [6, 6.07) is 16.7. The van der Waals surface area contributed by atoms with Crippen LogP contribution in [0.5, 0.6) is 11.5 Å². The molecule has 2 aromatic carbocycles. The Balaban J connectivity index is 1.98. The summed E-state index contributed by atoms with van der Waals surface area (Å²) in [6.07, 6.45) is 0. The Hall–Kier alpha value is -2.33. The number of hydrogen-bond donors (Lipinski definition) is 2. The Morgan fingerprint density at radius 2 is 1.76 bits per heavy atom. The summed E-state index contributed by atoms with van der Waals surface area (Å²) < 4.78 is 5.73.